The fraction of sp³-hybridized carbons (Fsp3) is 0.613. The van der Waals surface area contributed by atoms with Crippen LogP contribution >= 0.6 is 0 Å². The van der Waals surface area contributed by atoms with E-state index in [9.17, 15) is 0 Å². The third-order valence-electron chi connectivity index (χ3n) is 8.17. The fourth-order valence-corrected chi connectivity index (χ4v) is 5.65. The molecule has 3 rings (SSSR count). The van der Waals surface area contributed by atoms with Gasteiger partial charge in [0.15, 0.2) is 0 Å². The van der Waals surface area contributed by atoms with Gasteiger partial charge in [-0.1, -0.05) is 114 Å². The number of allylic oxidation sites excluding steroid dienone is 5. The molecule has 0 aromatic heterocycles. The van der Waals surface area contributed by atoms with Gasteiger partial charge in [0.2, 0.25) is 0 Å². The molecule has 176 valence electrons. The van der Waals surface area contributed by atoms with Crippen molar-refractivity contribution >= 4 is 0 Å². The summed E-state index contributed by atoms with van der Waals surface area (Å²) in [6.07, 6.45) is 21.5. The predicted octanol–water partition coefficient (Wildman–Crippen LogP) is 8.39. The van der Waals surface area contributed by atoms with Crippen LogP contribution in [0.25, 0.3) is 0 Å². The number of hydrogen-bond acceptors (Lipinski definition) is 1. The first-order valence-electron chi connectivity index (χ1n) is 13.4. The molecular weight excluding hydrogens is 386 g/mol. The highest BCUT2D eigenvalue weighted by molar-refractivity contribution is 5.34. The van der Waals surface area contributed by atoms with Crippen molar-refractivity contribution in [3.05, 3.63) is 71.3 Å². The van der Waals surface area contributed by atoms with Crippen LogP contribution < -0.4 is 0 Å². The second kappa shape index (κ2) is 12.6. The molecule has 1 aromatic rings. The second-order valence-electron chi connectivity index (χ2n) is 10.7. The molecule has 32 heavy (non-hydrogen) atoms. The summed E-state index contributed by atoms with van der Waals surface area (Å²) in [4.78, 5) is 2.73. The van der Waals surface area contributed by atoms with E-state index in [0.29, 0.717) is 11.3 Å². The molecule has 0 spiro atoms. The van der Waals surface area contributed by atoms with Crippen molar-refractivity contribution in [2.75, 3.05) is 19.6 Å². The van der Waals surface area contributed by atoms with Gasteiger partial charge in [-0.05, 0) is 61.1 Å². The lowest BCUT2D eigenvalue weighted by Gasteiger charge is -2.44. The number of rotatable bonds is 11. The zero-order valence-electron chi connectivity index (χ0n) is 21.3. The van der Waals surface area contributed by atoms with Crippen molar-refractivity contribution in [1.29, 1.82) is 0 Å². The van der Waals surface area contributed by atoms with Crippen molar-refractivity contribution in [3.8, 4) is 0 Å². The van der Waals surface area contributed by atoms with Crippen LogP contribution in [0.5, 0.6) is 0 Å². The summed E-state index contributed by atoms with van der Waals surface area (Å²) in [5.41, 5.74) is 5.02. The lowest BCUT2D eigenvalue weighted by atomic mass is 9.64. The summed E-state index contributed by atoms with van der Waals surface area (Å²) in [5, 5.41) is 0. The van der Waals surface area contributed by atoms with E-state index in [1.165, 1.54) is 57.2 Å². The topological polar surface area (TPSA) is 3.24 Å². The first-order valence-corrected chi connectivity index (χ1v) is 13.4. The molecule has 0 heterocycles. The zero-order chi connectivity index (χ0) is 22.8. The molecule has 1 nitrogen and oxygen atoms in total. The van der Waals surface area contributed by atoms with E-state index in [4.69, 9.17) is 0 Å². The molecule has 1 fully saturated rings. The van der Waals surface area contributed by atoms with E-state index in [1.807, 2.05) is 0 Å². The molecule has 2 aliphatic carbocycles. The third kappa shape index (κ3) is 7.20. The highest BCUT2D eigenvalue weighted by Gasteiger charge is 2.37. The minimum atomic E-state index is 0.430. The molecule has 0 aliphatic heterocycles. The van der Waals surface area contributed by atoms with E-state index >= 15 is 0 Å². The average Bonchev–Trinajstić information content (AvgIpc) is 3.06. The largest absolute Gasteiger partial charge is 0.303 e. The van der Waals surface area contributed by atoms with Crippen LogP contribution in [0.1, 0.15) is 84.6 Å². The summed E-state index contributed by atoms with van der Waals surface area (Å²) < 4.78 is 0. The minimum Gasteiger partial charge on any atom is -0.303 e. The lowest BCUT2D eigenvalue weighted by molar-refractivity contribution is 0.0995. The Bertz CT molecular complexity index is 763. The van der Waals surface area contributed by atoms with Gasteiger partial charge >= 0.3 is 0 Å². The van der Waals surface area contributed by atoms with Crippen LogP contribution in [0.3, 0.4) is 0 Å². The molecule has 0 saturated heterocycles. The Morgan fingerprint density at radius 3 is 2.38 bits per heavy atom. The van der Waals surface area contributed by atoms with Gasteiger partial charge in [0.1, 0.15) is 0 Å². The smallest absolute Gasteiger partial charge is 0.00555 e. The van der Waals surface area contributed by atoms with Crippen LogP contribution in [0.15, 0.2) is 65.8 Å². The Morgan fingerprint density at radius 2 is 1.69 bits per heavy atom. The van der Waals surface area contributed by atoms with Crippen LogP contribution in [-0.4, -0.2) is 24.5 Å². The van der Waals surface area contributed by atoms with Crippen molar-refractivity contribution in [2.24, 2.45) is 17.3 Å². The molecule has 1 saturated carbocycles. The molecular formula is C31H47N. The normalized spacial score (nSPS) is 20.4. The monoisotopic (exact) mass is 433 g/mol. The number of hydrogen-bond donors (Lipinski definition) is 0. The Kier molecular flexibility index (Phi) is 9.85. The summed E-state index contributed by atoms with van der Waals surface area (Å²) >= 11 is 0. The van der Waals surface area contributed by atoms with Gasteiger partial charge in [-0.3, -0.25) is 0 Å². The molecule has 2 atom stereocenters. The van der Waals surface area contributed by atoms with Crippen LogP contribution in [0.4, 0.5) is 0 Å². The van der Waals surface area contributed by atoms with E-state index < -0.39 is 0 Å². The highest BCUT2D eigenvalue weighted by Crippen LogP contribution is 2.46. The Balaban J connectivity index is 1.78. The van der Waals surface area contributed by atoms with Gasteiger partial charge < -0.3 is 4.90 Å². The first-order chi connectivity index (χ1) is 15.5. The minimum absolute atomic E-state index is 0.430. The summed E-state index contributed by atoms with van der Waals surface area (Å²) in [6.45, 7) is 13.3. The summed E-state index contributed by atoms with van der Waals surface area (Å²) in [6, 6.07) is 10.9. The van der Waals surface area contributed by atoms with Gasteiger partial charge in [0, 0.05) is 19.0 Å². The van der Waals surface area contributed by atoms with Crippen LogP contribution in [0.2, 0.25) is 0 Å². The van der Waals surface area contributed by atoms with Crippen LogP contribution in [0, 0.1) is 17.3 Å². The molecule has 0 amide bonds. The highest BCUT2D eigenvalue weighted by atomic mass is 15.1. The number of benzene rings is 1. The fourth-order valence-electron chi connectivity index (χ4n) is 5.65. The molecule has 1 aromatic carbocycles. The van der Waals surface area contributed by atoms with Crippen LogP contribution in [-0.2, 0) is 6.42 Å². The zero-order valence-corrected chi connectivity index (χ0v) is 21.3. The third-order valence-corrected chi connectivity index (χ3v) is 8.17. The number of nitrogens with zero attached hydrogens (tertiary/aromatic N) is 1. The van der Waals surface area contributed by atoms with Crippen molar-refractivity contribution in [2.45, 2.75) is 85.5 Å². The predicted molar refractivity (Wildman–Crippen MR) is 141 cm³/mol. The SMILES string of the molecule is CC[C@@H](C)CN(CC)CC(C1=CC=C(CCc2ccccc2)CC=C1)C1(C)CCCCC1. The van der Waals surface area contributed by atoms with Gasteiger partial charge in [-0.25, -0.2) is 0 Å². The number of aryl methyl sites for hydroxylation is 1. The molecule has 1 unspecified atom stereocenters. The Hall–Kier alpha value is -1.60. The summed E-state index contributed by atoms with van der Waals surface area (Å²) in [7, 11) is 0. The molecule has 0 radical (unpaired) electrons. The van der Waals surface area contributed by atoms with Crippen molar-refractivity contribution in [3.63, 3.8) is 0 Å². The van der Waals surface area contributed by atoms with Gasteiger partial charge in [-0.15, -0.1) is 0 Å². The molecule has 2 aliphatic rings. The maximum Gasteiger partial charge on any atom is 0.00555 e. The molecule has 1 heteroatoms. The molecule has 0 N–H and O–H groups in total. The average molecular weight is 434 g/mol. The van der Waals surface area contributed by atoms with Gasteiger partial charge in [-0.2, -0.15) is 0 Å². The van der Waals surface area contributed by atoms with Gasteiger partial charge in [0.25, 0.3) is 0 Å². The standard InChI is InChI=1S/C31H47N/c1-5-26(3)24-32(6-2)25-30(31(4)22-11-8-12-23-31)29-17-13-16-28(20-21-29)19-18-27-14-9-7-10-15-27/h7,9-10,13-15,17,20-21,26,30H,5-6,8,11-12,16,18-19,22-25H2,1-4H3/t26-,30?/m1/s1. The maximum atomic E-state index is 2.73. The maximum absolute atomic E-state index is 2.73. The Morgan fingerprint density at radius 1 is 0.938 bits per heavy atom. The van der Waals surface area contributed by atoms with E-state index in [0.717, 1.165) is 31.7 Å². The van der Waals surface area contributed by atoms with Crippen molar-refractivity contribution < 1.29 is 0 Å². The Labute approximate surface area is 198 Å². The second-order valence-corrected chi connectivity index (χ2v) is 10.7. The quantitative estimate of drug-likeness (QED) is 0.339. The van der Waals surface area contributed by atoms with E-state index in [2.05, 4.69) is 87.2 Å². The lowest BCUT2D eigenvalue weighted by Crippen LogP contribution is -2.41. The van der Waals surface area contributed by atoms with Crippen molar-refractivity contribution in [1.82, 2.24) is 4.90 Å². The van der Waals surface area contributed by atoms with Gasteiger partial charge in [0.05, 0.1) is 0 Å². The van der Waals surface area contributed by atoms with E-state index in [1.54, 1.807) is 11.1 Å². The van der Waals surface area contributed by atoms with E-state index in [-0.39, 0.29) is 0 Å². The first kappa shape index (κ1) is 25.0. The molecule has 0 bridgehead atoms. The summed E-state index contributed by atoms with van der Waals surface area (Å²) in [5.74, 6) is 1.41.